The average molecular weight is 491 g/mol. The number of thiophene rings is 1. The number of carbonyl (C=O) groups is 1. The van der Waals surface area contributed by atoms with Crippen LogP contribution in [0.4, 0.5) is 5.82 Å². The number of benzene rings is 1. The lowest BCUT2D eigenvalue weighted by Crippen LogP contribution is -2.12. The third-order valence-electron chi connectivity index (χ3n) is 4.20. The van der Waals surface area contributed by atoms with E-state index in [2.05, 4.69) is 56.6 Å². The molecule has 9 heteroatoms. The van der Waals surface area contributed by atoms with Crippen LogP contribution in [0.25, 0.3) is 0 Å². The molecule has 0 fully saturated rings. The lowest BCUT2D eigenvalue weighted by atomic mass is 10.1. The Morgan fingerprint density at radius 1 is 1.21 bits per heavy atom. The van der Waals surface area contributed by atoms with Gasteiger partial charge in [-0.1, -0.05) is 41.4 Å². The first-order chi connectivity index (χ1) is 14.0. The van der Waals surface area contributed by atoms with Gasteiger partial charge in [0.2, 0.25) is 0 Å². The lowest BCUT2D eigenvalue weighted by molar-refractivity contribution is 0.103. The largest absolute Gasteiger partial charge is 0.303 e. The molecule has 0 aliphatic rings. The fourth-order valence-corrected chi connectivity index (χ4v) is 4.29. The summed E-state index contributed by atoms with van der Waals surface area (Å²) in [6.07, 6.45) is 5.20. The molecule has 29 heavy (non-hydrogen) atoms. The zero-order valence-corrected chi connectivity index (χ0v) is 18.6. The van der Waals surface area contributed by atoms with E-state index < -0.39 is 0 Å². The molecular weight excluding hydrogens is 474 g/mol. The van der Waals surface area contributed by atoms with Crippen LogP contribution in [0, 0.1) is 6.92 Å². The van der Waals surface area contributed by atoms with E-state index >= 15 is 0 Å². The van der Waals surface area contributed by atoms with Gasteiger partial charge >= 0.3 is 0 Å². The number of hydrogen-bond acceptors (Lipinski definition) is 4. The van der Waals surface area contributed by atoms with Gasteiger partial charge in [0.15, 0.2) is 5.82 Å². The molecule has 0 aliphatic carbocycles. The van der Waals surface area contributed by atoms with Crippen molar-refractivity contribution in [3.05, 3.63) is 85.4 Å². The summed E-state index contributed by atoms with van der Waals surface area (Å²) in [6.45, 7) is 3.25. The van der Waals surface area contributed by atoms with Crippen LogP contribution in [0.1, 0.15) is 26.4 Å². The van der Waals surface area contributed by atoms with Gasteiger partial charge in [0.05, 0.1) is 33.7 Å². The van der Waals surface area contributed by atoms with Crippen LogP contribution in [-0.2, 0) is 13.1 Å². The number of aryl methyl sites for hydroxylation is 1. The summed E-state index contributed by atoms with van der Waals surface area (Å²) in [7, 11) is 0. The fourth-order valence-electron chi connectivity index (χ4n) is 2.92. The number of hydrogen-bond donors (Lipinski definition) is 1. The SMILES string of the molecule is Cc1cccc(Cn2cc(Br)c(NC(=O)c3cc(Cn4cc(Cl)cn4)cs3)n2)c1. The van der Waals surface area contributed by atoms with E-state index in [1.54, 1.807) is 21.8 Å². The van der Waals surface area contributed by atoms with E-state index in [4.69, 9.17) is 11.6 Å². The predicted molar refractivity (Wildman–Crippen MR) is 119 cm³/mol. The maximum Gasteiger partial charge on any atom is 0.266 e. The third kappa shape index (κ3) is 4.95. The smallest absolute Gasteiger partial charge is 0.266 e. The van der Waals surface area contributed by atoms with Gasteiger partial charge in [0, 0.05) is 12.4 Å². The Kier molecular flexibility index (Phi) is 5.84. The van der Waals surface area contributed by atoms with Crippen molar-refractivity contribution in [1.82, 2.24) is 19.6 Å². The first kappa shape index (κ1) is 19.9. The van der Waals surface area contributed by atoms with Crippen LogP contribution < -0.4 is 5.32 Å². The van der Waals surface area contributed by atoms with Crippen molar-refractivity contribution in [1.29, 1.82) is 0 Å². The van der Waals surface area contributed by atoms with E-state index in [1.807, 2.05) is 23.7 Å². The molecular formula is C20H17BrClN5OS. The predicted octanol–water partition coefficient (Wildman–Crippen LogP) is 5.21. The highest BCUT2D eigenvalue weighted by Crippen LogP contribution is 2.23. The van der Waals surface area contributed by atoms with Gasteiger partial charge in [-0.3, -0.25) is 14.2 Å². The topological polar surface area (TPSA) is 64.7 Å². The van der Waals surface area contributed by atoms with Gasteiger partial charge in [-0.05, 0) is 45.4 Å². The molecule has 148 valence electrons. The summed E-state index contributed by atoms with van der Waals surface area (Å²) < 4.78 is 4.27. The molecule has 3 aromatic heterocycles. The quantitative estimate of drug-likeness (QED) is 0.403. The van der Waals surface area contributed by atoms with Crippen LogP contribution in [0.2, 0.25) is 5.02 Å². The summed E-state index contributed by atoms with van der Waals surface area (Å²) in [5.74, 6) is 0.303. The number of amides is 1. The van der Waals surface area contributed by atoms with Crippen molar-refractivity contribution in [3.8, 4) is 0 Å². The Labute approximate surface area is 185 Å². The fraction of sp³-hybridized carbons (Fsp3) is 0.150. The van der Waals surface area contributed by atoms with Crippen molar-refractivity contribution < 1.29 is 4.79 Å². The van der Waals surface area contributed by atoms with E-state index in [-0.39, 0.29) is 5.91 Å². The van der Waals surface area contributed by atoms with E-state index in [1.165, 1.54) is 16.9 Å². The molecule has 1 amide bonds. The summed E-state index contributed by atoms with van der Waals surface area (Å²) in [5, 5.41) is 14.1. The number of halogens is 2. The molecule has 4 rings (SSSR count). The highest BCUT2D eigenvalue weighted by atomic mass is 79.9. The summed E-state index contributed by atoms with van der Waals surface area (Å²) >= 11 is 10.8. The standard InChI is InChI=1S/C20H17BrClN5OS/c1-13-3-2-4-14(5-13)8-27-11-17(21)19(25-27)24-20(28)18-6-15(12-29-18)9-26-10-16(22)7-23-26/h2-7,10-12H,8-9H2,1H3,(H,24,25,28). The van der Waals surface area contributed by atoms with Crippen LogP contribution in [0.5, 0.6) is 0 Å². The number of nitrogens with one attached hydrogen (secondary N) is 1. The number of aromatic nitrogens is 4. The molecule has 6 nitrogen and oxygen atoms in total. The van der Waals surface area contributed by atoms with Crippen LogP contribution in [0.15, 0.2) is 58.8 Å². The Balaban J connectivity index is 1.42. The Morgan fingerprint density at radius 3 is 2.79 bits per heavy atom. The number of anilines is 1. The molecule has 0 radical (unpaired) electrons. The monoisotopic (exact) mass is 489 g/mol. The highest BCUT2D eigenvalue weighted by Gasteiger charge is 2.14. The van der Waals surface area contributed by atoms with Crippen molar-refractivity contribution >= 4 is 50.6 Å². The molecule has 1 N–H and O–H groups in total. The molecule has 0 unspecified atom stereocenters. The lowest BCUT2D eigenvalue weighted by Gasteiger charge is -2.03. The van der Waals surface area contributed by atoms with Crippen molar-refractivity contribution in [2.75, 3.05) is 5.32 Å². The van der Waals surface area contributed by atoms with Gasteiger partial charge < -0.3 is 5.32 Å². The van der Waals surface area contributed by atoms with E-state index in [0.29, 0.717) is 28.8 Å². The zero-order valence-electron chi connectivity index (χ0n) is 15.5. The minimum absolute atomic E-state index is 0.193. The normalized spacial score (nSPS) is 11.0. The maximum absolute atomic E-state index is 12.6. The summed E-state index contributed by atoms with van der Waals surface area (Å²) in [5.41, 5.74) is 3.34. The molecule has 0 atom stereocenters. The van der Waals surface area contributed by atoms with E-state index in [0.717, 1.165) is 15.6 Å². The number of carbonyl (C=O) groups excluding carboxylic acids is 1. The number of nitrogens with zero attached hydrogens (tertiary/aromatic N) is 4. The molecule has 1 aromatic carbocycles. The Bertz CT molecular complexity index is 1170. The third-order valence-corrected chi connectivity index (χ3v) is 5.95. The van der Waals surface area contributed by atoms with Gasteiger partial charge in [-0.25, -0.2) is 0 Å². The molecule has 0 saturated carbocycles. The molecule has 3 heterocycles. The second-order valence-corrected chi connectivity index (χ2v) is 8.84. The summed E-state index contributed by atoms with van der Waals surface area (Å²) in [6, 6.07) is 10.1. The molecule has 0 bridgehead atoms. The second kappa shape index (κ2) is 8.52. The van der Waals surface area contributed by atoms with Crippen molar-refractivity contribution in [2.45, 2.75) is 20.0 Å². The van der Waals surface area contributed by atoms with Gasteiger partial charge in [0.1, 0.15) is 0 Å². The molecule has 0 saturated heterocycles. The Hall–Kier alpha value is -2.42. The highest BCUT2D eigenvalue weighted by molar-refractivity contribution is 9.10. The van der Waals surface area contributed by atoms with Crippen LogP contribution in [-0.4, -0.2) is 25.5 Å². The minimum atomic E-state index is -0.193. The zero-order chi connectivity index (χ0) is 20.4. The molecule has 4 aromatic rings. The summed E-state index contributed by atoms with van der Waals surface area (Å²) in [4.78, 5) is 13.2. The first-order valence-corrected chi connectivity index (χ1v) is 10.9. The second-order valence-electron chi connectivity index (χ2n) is 6.64. The minimum Gasteiger partial charge on any atom is -0.303 e. The number of rotatable bonds is 6. The van der Waals surface area contributed by atoms with Gasteiger partial charge in [-0.15, -0.1) is 11.3 Å². The van der Waals surface area contributed by atoms with E-state index in [9.17, 15) is 4.79 Å². The van der Waals surface area contributed by atoms with Crippen molar-refractivity contribution in [3.63, 3.8) is 0 Å². The average Bonchev–Trinajstić information content (AvgIpc) is 3.37. The van der Waals surface area contributed by atoms with Gasteiger partial charge in [-0.2, -0.15) is 10.2 Å². The molecule has 0 aliphatic heterocycles. The molecule has 0 spiro atoms. The maximum atomic E-state index is 12.6. The van der Waals surface area contributed by atoms with Crippen molar-refractivity contribution in [2.24, 2.45) is 0 Å². The first-order valence-electron chi connectivity index (χ1n) is 8.81. The Morgan fingerprint density at radius 2 is 2.03 bits per heavy atom. The van der Waals surface area contributed by atoms with Crippen LogP contribution in [0.3, 0.4) is 0 Å². The van der Waals surface area contributed by atoms with Gasteiger partial charge in [0.25, 0.3) is 5.91 Å². The van der Waals surface area contributed by atoms with Crippen LogP contribution >= 0.6 is 38.9 Å².